The number of nitrogen functional groups attached to an aromatic ring is 1. The van der Waals surface area contributed by atoms with Crippen molar-refractivity contribution in [2.24, 2.45) is 0 Å². The van der Waals surface area contributed by atoms with Crippen molar-refractivity contribution in [2.75, 3.05) is 17.2 Å². The standard InChI is InChI=1S/C22H21FN4O.ClH/c23-14-9-11-15(12-10-14)27-20-8-1-4-17(20)21(25-27)22(28)26-13-3-5-16-18(24)6-2-7-19(16)26;/h2,6-7,9-12H,1,3-5,8,13,24H2;1H. The summed E-state index contributed by atoms with van der Waals surface area (Å²) in [4.78, 5) is 15.3. The summed E-state index contributed by atoms with van der Waals surface area (Å²) in [7, 11) is 0. The van der Waals surface area contributed by atoms with Crippen molar-refractivity contribution >= 4 is 29.7 Å². The fourth-order valence-electron chi connectivity index (χ4n) is 4.40. The van der Waals surface area contributed by atoms with Crippen LogP contribution in [0.1, 0.15) is 40.2 Å². The molecule has 2 aliphatic rings. The summed E-state index contributed by atoms with van der Waals surface area (Å²) in [6.45, 7) is 0.660. The lowest BCUT2D eigenvalue weighted by atomic mass is 9.99. The number of hydrogen-bond donors (Lipinski definition) is 1. The Bertz CT molecular complexity index is 1080. The van der Waals surface area contributed by atoms with Crippen molar-refractivity contribution in [1.82, 2.24) is 9.78 Å². The van der Waals surface area contributed by atoms with Gasteiger partial charge in [0.05, 0.1) is 5.69 Å². The van der Waals surface area contributed by atoms with Crippen molar-refractivity contribution < 1.29 is 9.18 Å². The van der Waals surface area contributed by atoms with Gasteiger partial charge in [0.1, 0.15) is 5.82 Å². The Balaban J connectivity index is 0.00000205. The molecular formula is C22H22ClFN4O. The molecule has 5 rings (SSSR count). The van der Waals surface area contributed by atoms with Gasteiger partial charge in [-0.2, -0.15) is 5.10 Å². The van der Waals surface area contributed by atoms with Crippen LogP contribution in [0.4, 0.5) is 15.8 Å². The lowest BCUT2D eigenvalue weighted by Gasteiger charge is -2.30. The molecule has 5 nitrogen and oxygen atoms in total. The van der Waals surface area contributed by atoms with Crippen LogP contribution in [-0.4, -0.2) is 22.2 Å². The Kier molecular flexibility index (Phi) is 5.04. The van der Waals surface area contributed by atoms with Gasteiger partial charge in [-0.05, 0) is 74.1 Å². The van der Waals surface area contributed by atoms with E-state index in [1.807, 2.05) is 23.1 Å². The lowest BCUT2D eigenvalue weighted by molar-refractivity contribution is 0.0979. The molecule has 2 heterocycles. The highest BCUT2D eigenvalue weighted by Crippen LogP contribution is 2.34. The third kappa shape index (κ3) is 3.17. The van der Waals surface area contributed by atoms with Crippen LogP contribution in [-0.2, 0) is 19.3 Å². The quantitative estimate of drug-likeness (QED) is 0.644. The normalized spacial score (nSPS) is 14.9. The van der Waals surface area contributed by atoms with E-state index in [2.05, 4.69) is 5.10 Å². The summed E-state index contributed by atoms with van der Waals surface area (Å²) < 4.78 is 15.1. The first-order valence-electron chi connectivity index (χ1n) is 9.69. The summed E-state index contributed by atoms with van der Waals surface area (Å²) in [5.41, 5.74) is 12.2. The van der Waals surface area contributed by atoms with Crippen LogP contribution < -0.4 is 10.6 Å². The molecule has 150 valence electrons. The number of nitrogens with two attached hydrogens (primary N) is 1. The van der Waals surface area contributed by atoms with Gasteiger partial charge in [-0.1, -0.05) is 6.07 Å². The van der Waals surface area contributed by atoms with Crippen LogP contribution in [0.25, 0.3) is 5.69 Å². The smallest absolute Gasteiger partial charge is 0.279 e. The van der Waals surface area contributed by atoms with E-state index in [0.29, 0.717) is 12.2 Å². The molecule has 1 aliphatic carbocycles. The zero-order chi connectivity index (χ0) is 19.3. The Labute approximate surface area is 174 Å². The molecule has 0 spiro atoms. The van der Waals surface area contributed by atoms with Gasteiger partial charge < -0.3 is 10.6 Å². The molecule has 29 heavy (non-hydrogen) atoms. The maximum absolute atomic E-state index is 13.5. The van der Waals surface area contributed by atoms with E-state index in [0.717, 1.165) is 66.0 Å². The molecule has 0 saturated heterocycles. The predicted octanol–water partition coefficient (Wildman–Crippen LogP) is 4.10. The Morgan fingerprint density at radius 2 is 1.76 bits per heavy atom. The molecule has 7 heteroatoms. The number of carbonyl (C=O) groups is 1. The van der Waals surface area contributed by atoms with Gasteiger partial charge in [-0.3, -0.25) is 4.79 Å². The van der Waals surface area contributed by atoms with Gasteiger partial charge in [0.2, 0.25) is 0 Å². The SMILES string of the molecule is Cl.Nc1cccc2c1CCCN2C(=O)c1nn(-c2ccc(F)cc2)c2c1CCC2. The highest BCUT2D eigenvalue weighted by molar-refractivity contribution is 6.07. The predicted molar refractivity (Wildman–Crippen MR) is 114 cm³/mol. The molecule has 1 aromatic heterocycles. The van der Waals surface area contributed by atoms with Crippen molar-refractivity contribution in [3.8, 4) is 5.69 Å². The van der Waals surface area contributed by atoms with Gasteiger partial charge in [0.15, 0.2) is 5.69 Å². The van der Waals surface area contributed by atoms with Crippen LogP contribution in [0.5, 0.6) is 0 Å². The van der Waals surface area contributed by atoms with Crippen molar-refractivity contribution in [3.63, 3.8) is 0 Å². The highest BCUT2D eigenvalue weighted by atomic mass is 35.5. The van der Waals surface area contributed by atoms with Gasteiger partial charge in [0, 0.05) is 29.2 Å². The molecule has 0 saturated carbocycles. The maximum atomic E-state index is 13.5. The minimum Gasteiger partial charge on any atom is -0.398 e. The number of fused-ring (bicyclic) bond motifs is 2. The first-order valence-corrected chi connectivity index (χ1v) is 9.69. The number of rotatable bonds is 2. The number of hydrogen-bond acceptors (Lipinski definition) is 3. The number of amides is 1. The number of anilines is 2. The van der Waals surface area contributed by atoms with Crippen LogP contribution in [0.2, 0.25) is 0 Å². The third-order valence-corrected chi connectivity index (χ3v) is 5.74. The van der Waals surface area contributed by atoms with Crippen molar-refractivity contribution in [2.45, 2.75) is 32.1 Å². The topological polar surface area (TPSA) is 64.2 Å². The van der Waals surface area contributed by atoms with Gasteiger partial charge >= 0.3 is 0 Å². The number of halogens is 2. The summed E-state index contributed by atoms with van der Waals surface area (Å²) in [5.74, 6) is -0.364. The number of aromatic nitrogens is 2. The first kappa shape index (κ1) is 19.5. The Morgan fingerprint density at radius 3 is 2.55 bits per heavy atom. The second kappa shape index (κ2) is 7.52. The fourth-order valence-corrected chi connectivity index (χ4v) is 4.40. The average molecular weight is 413 g/mol. The second-order valence-corrected chi connectivity index (χ2v) is 7.42. The van der Waals surface area contributed by atoms with E-state index >= 15 is 0 Å². The fraction of sp³-hybridized carbons (Fsp3) is 0.273. The minimum atomic E-state index is -0.286. The monoisotopic (exact) mass is 412 g/mol. The second-order valence-electron chi connectivity index (χ2n) is 7.42. The molecule has 2 aromatic carbocycles. The lowest BCUT2D eigenvalue weighted by Crippen LogP contribution is -2.36. The Morgan fingerprint density at radius 1 is 1.00 bits per heavy atom. The average Bonchev–Trinajstić information content (AvgIpc) is 3.31. The number of benzene rings is 2. The molecule has 1 amide bonds. The maximum Gasteiger partial charge on any atom is 0.279 e. The summed E-state index contributed by atoms with van der Waals surface area (Å²) in [5, 5.41) is 4.67. The zero-order valence-electron chi connectivity index (χ0n) is 15.9. The summed E-state index contributed by atoms with van der Waals surface area (Å²) in [6, 6.07) is 12.0. The zero-order valence-corrected chi connectivity index (χ0v) is 16.7. The van der Waals surface area contributed by atoms with Gasteiger partial charge in [-0.25, -0.2) is 9.07 Å². The molecule has 0 atom stereocenters. The third-order valence-electron chi connectivity index (χ3n) is 5.74. The van der Waals surface area contributed by atoms with Gasteiger partial charge in [-0.15, -0.1) is 12.4 Å². The van der Waals surface area contributed by atoms with Crippen LogP contribution in [0.3, 0.4) is 0 Å². The van der Waals surface area contributed by atoms with Crippen LogP contribution >= 0.6 is 12.4 Å². The largest absolute Gasteiger partial charge is 0.398 e. The number of nitrogens with zero attached hydrogens (tertiary/aromatic N) is 3. The molecule has 0 bridgehead atoms. The highest BCUT2D eigenvalue weighted by Gasteiger charge is 2.32. The molecule has 2 N–H and O–H groups in total. The summed E-state index contributed by atoms with van der Waals surface area (Å²) in [6.07, 6.45) is 4.48. The van der Waals surface area contributed by atoms with E-state index in [1.54, 1.807) is 16.8 Å². The van der Waals surface area contributed by atoms with Crippen LogP contribution in [0.15, 0.2) is 42.5 Å². The van der Waals surface area contributed by atoms with E-state index < -0.39 is 0 Å². The van der Waals surface area contributed by atoms with E-state index in [4.69, 9.17) is 5.73 Å². The molecule has 1 aliphatic heterocycles. The molecule has 0 radical (unpaired) electrons. The number of carbonyl (C=O) groups excluding carboxylic acids is 1. The van der Waals surface area contributed by atoms with Crippen molar-refractivity contribution in [3.05, 3.63) is 70.8 Å². The summed E-state index contributed by atoms with van der Waals surface area (Å²) >= 11 is 0. The minimum absolute atomic E-state index is 0. The van der Waals surface area contributed by atoms with Crippen LogP contribution in [0, 0.1) is 5.82 Å². The van der Waals surface area contributed by atoms with E-state index in [9.17, 15) is 9.18 Å². The van der Waals surface area contributed by atoms with Crippen molar-refractivity contribution in [1.29, 1.82) is 0 Å². The Hall–Kier alpha value is -2.86. The first-order chi connectivity index (χ1) is 13.6. The molecule has 3 aromatic rings. The van der Waals surface area contributed by atoms with Gasteiger partial charge in [0.25, 0.3) is 5.91 Å². The molecular weight excluding hydrogens is 391 g/mol. The van der Waals surface area contributed by atoms with E-state index in [-0.39, 0.29) is 24.1 Å². The molecule has 0 unspecified atom stereocenters. The van der Waals surface area contributed by atoms with E-state index in [1.165, 1.54) is 12.1 Å². The molecule has 0 fully saturated rings.